The molecule has 0 aromatic heterocycles. The molecule has 2 aliphatic rings. The third kappa shape index (κ3) is 3.00. The Balaban J connectivity index is 1.77. The van der Waals surface area contributed by atoms with Crippen molar-refractivity contribution < 1.29 is 14.4 Å². The Morgan fingerprint density at radius 3 is 2.41 bits per heavy atom. The van der Waals surface area contributed by atoms with Crippen molar-refractivity contribution >= 4 is 56.0 Å². The van der Waals surface area contributed by atoms with Crippen LogP contribution in [0, 0.1) is 0 Å². The van der Waals surface area contributed by atoms with Crippen LogP contribution in [0.1, 0.15) is 18.1 Å². The van der Waals surface area contributed by atoms with Crippen LogP contribution in [0.15, 0.2) is 57.9 Å². The summed E-state index contributed by atoms with van der Waals surface area (Å²) in [7, 11) is 0. The maximum Gasteiger partial charge on any atom is 0.293 e. The smallest absolute Gasteiger partial charge is 0.293 e. The zero-order valence-corrected chi connectivity index (χ0v) is 16.8. The molecular formula is C20H15BrN2O3S. The lowest BCUT2D eigenvalue weighted by molar-refractivity contribution is -0.123. The number of fused-ring (bicyclic) bond motifs is 1. The third-order valence-corrected chi connectivity index (χ3v) is 6.02. The zero-order chi connectivity index (χ0) is 19.1. The van der Waals surface area contributed by atoms with E-state index in [0.29, 0.717) is 17.7 Å². The van der Waals surface area contributed by atoms with Gasteiger partial charge in [0.25, 0.3) is 17.1 Å². The first-order chi connectivity index (χ1) is 13.0. The summed E-state index contributed by atoms with van der Waals surface area (Å²) in [5, 5.41) is -0.356. The van der Waals surface area contributed by atoms with E-state index in [1.54, 1.807) is 4.90 Å². The predicted octanol–water partition coefficient (Wildman–Crippen LogP) is 4.42. The Labute approximate surface area is 169 Å². The monoisotopic (exact) mass is 442 g/mol. The standard InChI is InChI=1S/C20H15BrN2O3S/c1-2-22-15-9-8-13(21)10-14(15)16(18(22)24)17-19(25)23(20(26)27-17)11-12-6-4-3-5-7-12/h3-10H,2,11H2,1H3. The Morgan fingerprint density at radius 2 is 1.70 bits per heavy atom. The zero-order valence-electron chi connectivity index (χ0n) is 14.4. The summed E-state index contributed by atoms with van der Waals surface area (Å²) in [6.07, 6.45) is 0. The van der Waals surface area contributed by atoms with Crippen molar-refractivity contribution in [3.8, 4) is 0 Å². The van der Waals surface area contributed by atoms with Gasteiger partial charge in [-0.2, -0.15) is 0 Å². The molecule has 0 spiro atoms. The first-order valence-electron chi connectivity index (χ1n) is 8.45. The fourth-order valence-corrected chi connectivity index (χ4v) is 4.58. The van der Waals surface area contributed by atoms with Crippen molar-refractivity contribution in [2.45, 2.75) is 13.5 Å². The van der Waals surface area contributed by atoms with Gasteiger partial charge in [0.15, 0.2) is 0 Å². The largest absolute Gasteiger partial charge is 0.308 e. The highest BCUT2D eigenvalue weighted by molar-refractivity contribution is 9.10. The summed E-state index contributed by atoms with van der Waals surface area (Å²) in [5.41, 5.74) is 2.62. The Morgan fingerprint density at radius 1 is 0.963 bits per heavy atom. The molecule has 0 unspecified atom stereocenters. The van der Waals surface area contributed by atoms with E-state index < -0.39 is 5.91 Å². The van der Waals surface area contributed by atoms with Gasteiger partial charge in [-0.15, -0.1) is 0 Å². The van der Waals surface area contributed by atoms with E-state index in [1.165, 1.54) is 4.90 Å². The topological polar surface area (TPSA) is 57.7 Å². The van der Waals surface area contributed by atoms with Gasteiger partial charge in [-0.05, 0) is 42.4 Å². The van der Waals surface area contributed by atoms with Gasteiger partial charge in [0.05, 0.1) is 22.7 Å². The van der Waals surface area contributed by atoms with E-state index in [1.807, 2.05) is 55.5 Å². The van der Waals surface area contributed by atoms with Crippen LogP contribution in [0.5, 0.6) is 0 Å². The molecule has 1 fully saturated rings. The van der Waals surface area contributed by atoms with Crippen molar-refractivity contribution in [1.29, 1.82) is 0 Å². The Hall–Kier alpha value is -2.38. The van der Waals surface area contributed by atoms with Crippen LogP contribution in [0.4, 0.5) is 10.5 Å². The van der Waals surface area contributed by atoms with Gasteiger partial charge >= 0.3 is 0 Å². The van der Waals surface area contributed by atoms with Crippen molar-refractivity contribution in [2.24, 2.45) is 0 Å². The summed E-state index contributed by atoms with van der Waals surface area (Å²) in [4.78, 5) is 41.5. The number of benzene rings is 2. The molecule has 2 aromatic rings. The lowest BCUT2D eigenvalue weighted by Gasteiger charge is -2.14. The molecule has 0 atom stereocenters. The Bertz CT molecular complexity index is 1000. The predicted molar refractivity (Wildman–Crippen MR) is 109 cm³/mol. The first kappa shape index (κ1) is 18.0. The molecule has 7 heteroatoms. The minimum atomic E-state index is -0.416. The minimum Gasteiger partial charge on any atom is -0.308 e. The van der Waals surface area contributed by atoms with Crippen molar-refractivity contribution in [3.63, 3.8) is 0 Å². The second-order valence-corrected chi connectivity index (χ2v) is 8.04. The van der Waals surface area contributed by atoms with Gasteiger partial charge in [0, 0.05) is 16.6 Å². The van der Waals surface area contributed by atoms with Crippen LogP contribution < -0.4 is 4.90 Å². The SMILES string of the molecule is CCN1C(=O)C(=C2SC(=O)N(Cc3ccccc3)C2=O)c2cc(Br)ccc21. The molecule has 136 valence electrons. The van der Waals surface area contributed by atoms with E-state index in [0.717, 1.165) is 27.5 Å². The minimum absolute atomic E-state index is 0.194. The molecule has 27 heavy (non-hydrogen) atoms. The molecule has 0 bridgehead atoms. The molecule has 1 saturated heterocycles. The van der Waals surface area contributed by atoms with E-state index >= 15 is 0 Å². The van der Waals surface area contributed by atoms with Gasteiger partial charge in [-0.3, -0.25) is 19.3 Å². The number of imide groups is 1. The highest BCUT2D eigenvalue weighted by Gasteiger charge is 2.43. The van der Waals surface area contributed by atoms with E-state index in [2.05, 4.69) is 15.9 Å². The quantitative estimate of drug-likeness (QED) is 0.659. The van der Waals surface area contributed by atoms with E-state index in [9.17, 15) is 14.4 Å². The van der Waals surface area contributed by atoms with Crippen molar-refractivity contribution in [1.82, 2.24) is 4.90 Å². The van der Waals surface area contributed by atoms with Crippen molar-refractivity contribution in [2.75, 3.05) is 11.4 Å². The summed E-state index contributed by atoms with van der Waals surface area (Å²) < 4.78 is 0.813. The van der Waals surface area contributed by atoms with Crippen LogP contribution in [0.3, 0.4) is 0 Å². The fraction of sp³-hybridized carbons (Fsp3) is 0.150. The summed E-state index contributed by atoms with van der Waals surface area (Å²) >= 11 is 4.26. The number of thioether (sulfide) groups is 1. The Kier molecular flexibility index (Phi) is 4.65. The molecule has 5 nitrogen and oxygen atoms in total. The maximum absolute atomic E-state index is 13.0. The summed E-state index contributed by atoms with van der Waals surface area (Å²) in [5.74, 6) is -0.656. The van der Waals surface area contributed by atoms with Crippen LogP contribution in [0.25, 0.3) is 5.57 Å². The van der Waals surface area contributed by atoms with Crippen LogP contribution in [0.2, 0.25) is 0 Å². The molecule has 2 heterocycles. The normalized spacial score (nSPS) is 19.3. The molecule has 0 radical (unpaired) electrons. The third-order valence-electron chi connectivity index (χ3n) is 4.55. The molecule has 3 amide bonds. The number of hydrogen-bond donors (Lipinski definition) is 0. The van der Waals surface area contributed by atoms with Crippen LogP contribution in [-0.2, 0) is 16.1 Å². The number of anilines is 1. The molecule has 4 rings (SSSR count). The van der Waals surface area contributed by atoms with Crippen LogP contribution >= 0.6 is 27.7 Å². The average molecular weight is 443 g/mol. The van der Waals surface area contributed by atoms with E-state index in [-0.39, 0.29) is 22.6 Å². The number of amides is 3. The number of likely N-dealkylation sites (N-methyl/N-ethyl adjacent to an activating group) is 1. The lowest BCUT2D eigenvalue weighted by Crippen LogP contribution is -2.29. The highest BCUT2D eigenvalue weighted by Crippen LogP contribution is 2.45. The fourth-order valence-electron chi connectivity index (χ4n) is 3.29. The van der Waals surface area contributed by atoms with Gasteiger partial charge in [-0.25, -0.2) is 0 Å². The second kappa shape index (κ2) is 6.98. The molecular weight excluding hydrogens is 428 g/mol. The van der Waals surface area contributed by atoms with Gasteiger partial charge in [0.2, 0.25) is 0 Å². The van der Waals surface area contributed by atoms with Gasteiger partial charge < -0.3 is 4.90 Å². The second-order valence-electron chi connectivity index (χ2n) is 6.16. The van der Waals surface area contributed by atoms with Gasteiger partial charge in [0.1, 0.15) is 0 Å². The highest BCUT2D eigenvalue weighted by atomic mass is 79.9. The molecule has 0 aliphatic carbocycles. The van der Waals surface area contributed by atoms with Crippen LogP contribution in [-0.4, -0.2) is 28.5 Å². The maximum atomic E-state index is 13.0. The number of rotatable bonds is 3. The number of hydrogen-bond acceptors (Lipinski definition) is 4. The number of nitrogens with zero attached hydrogens (tertiary/aromatic N) is 2. The number of carbonyl (C=O) groups excluding carboxylic acids is 3. The average Bonchev–Trinajstić information content (AvgIpc) is 3.09. The summed E-state index contributed by atoms with van der Waals surface area (Å²) in [6.45, 7) is 2.57. The molecule has 0 saturated carbocycles. The van der Waals surface area contributed by atoms with E-state index in [4.69, 9.17) is 0 Å². The number of carbonyl (C=O) groups is 3. The summed E-state index contributed by atoms with van der Waals surface area (Å²) in [6, 6.07) is 14.9. The van der Waals surface area contributed by atoms with Crippen molar-refractivity contribution in [3.05, 3.63) is 69.0 Å². The molecule has 2 aliphatic heterocycles. The molecule has 0 N–H and O–H groups in total. The van der Waals surface area contributed by atoms with Gasteiger partial charge in [-0.1, -0.05) is 46.3 Å². The first-order valence-corrected chi connectivity index (χ1v) is 10.1. The lowest BCUT2D eigenvalue weighted by atomic mass is 10.1. The number of halogens is 1. The molecule has 2 aromatic carbocycles.